The lowest BCUT2D eigenvalue weighted by atomic mass is 9.91. The average Bonchev–Trinajstić information content (AvgIpc) is 2.48. The first-order valence-corrected chi connectivity index (χ1v) is 7.82. The molecule has 21 heavy (non-hydrogen) atoms. The highest BCUT2D eigenvalue weighted by atomic mass is 16.5. The summed E-state index contributed by atoms with van der Waals surface area (Å²) in [6.07, 6.45) is 3.58. The molecule has 1 aromatic carbocycles. The summed E-state index contributed by atoms with van der Waals surface area (Å²) >= 11 is 0. The lowest BCUT2D eigenvalue weighted by molar-refractivity contribution is -0.146. The number of hydrogen-bond donors (Lipinski definition) is 1. The minimum absolute atomic E-state index is 0.0448. The Bertz CT molecular complexity index is 435. The summed E-state index contributed by atoms with van der Waals surface area (Å²) in [5.41, 5.74) is 1.15. The molecule has 0 radical (unpaired) electrons. The predicted molar refractivity (Wildman–Crippen MR) is 81.7 cm³/mol. The second-order valence-electron chi connectivity index (χ2n) is 5.61. The van der Waals surface area contributed by atoms with Crippen LogP contribution in [0.2, 0.25) is 0 Å². The van der Waals surface area contributed by atoms with Gasteiger partial charge in [0.2, 0.25) is 0 Å². The van der Waals surface area contributed by atoms with Crippen molar-refractivity contribution in [2.24, 2.45) is 0 Å². The highest BCUT2D eigenvalue weighted by Crippen LogP contribution is 2.24. The van der Waals surface area contributed by atoms with Crippen molar-refractivity contribution in [2.45, 2.75) is 51.3 Å². The van der Waals surface area contributed by atoms with E-state index in [-0.39, 0.29) is 24.7 Å². The monoisotopic (exact) mass is 291 g/mol. The van der Waals surface area contributed by atoms with E-state index in [9.17, 15) is 9.90 Å². The van der Waals surface area contributed by atoms with Gasteiger partial charge in [-0.3, -0.25) is 9.69 Å². The molecule has 1 saturated carbocycles. The third-order valence-electron chi connectivity index (χ3n) is 4.03. The summed E-state index contributed by atoms with van der Waals surface area (Å²) < 4.78 is 5.07. The molecule has 1 N–H and O–H groups in total. The number of aliphatic hydroxyl groups excluding tert-OH is 1. The molecule has 0 heterocycles. The molecular formula is C17H25NO3. The van der Waals surface area contributed by atoms with Gasteiger partial charge in [-0.25, -0.2) is 0 Å². The van der Waals surface area contributed by atoms with E-state index < -0.39 is 0 Å². The molecule has 0 amide bonds. The smallest absolute Gasteiger partial charge is 0.320 e. The molecule has 0 saturated heterocycles. The summed E-state index contributed by atoms with van der Waals surface area (Å²) in [5, 5.41) is 10.3. The highest BCUT2D eigenvalue weighted by Gasteiger charge is 2.30. The van der Waals surface area contributed by atoms with E-state index in [4.69, 9.17) is 4.74 Å². The lowest BCUT2D eigenvalue weighted by Crippen LogP contribution is -2.47. The number of aliphatic hydroxyl groups is 1. The third-order valence-corrected chi connectivity index (χ3v) is 4.03. The van der Waals surface area contributed by atoms with Gasteiger partial charge >= 0.3 is 5.97 Å². The first-order valence-electron chi connectivity index (χ1n) is 7.82. The number of carbonyl (C=O) groups excluding carboxylic acids is 1. The largest absolute Gasteiger partial charge is 0.465 e. The molecule has 116 valence electrons. The van der Waals surface area contributed by atoms with Crippen molar-refractivity contribution in [1.29, 1.82) is 0 Å². The van der Waals surface area contributed by atoms with E-state index in [0.717, 1.165) is 31.2 Å². The number of esters is 1. The average molecular weight is 291 g/mol. The Balaban J connectivity index is 2.07. The zero-order valence-electron chi connectivity index (χ0n) is 12.7. The minimum Gasteiger partial charge on any atom is -0.465 e. The molecule has 0 bridgehead atoms. The zero-order valence-corrected chi connectivity index (χ0v) is 12.7. The van der Waals surface area contributed by atoms with Gasteiger partial charge < -0.3 is 9.84 Å². The van der Waals surface area contributed by atoms with Crippen molar-refractivity contribution >= 4 is 5.97 Å². The normalized spacial score (nSPS) is 22.2. The van der Waals surface area contributed by atoms with Crippen LogP contribution in [0.25, 0.3) is 0 Å². The van der Waals surface area contributed by atoms with Gasteiger partial charge in [0.15, 0.2) is 0 Å². The zero-order chi connectivity index (χ0) is 15.1. The molecule has 1 aromatic rings. The van der Waals surface area contributed by atoms with Crippen LogP contribution in [0.4, 0.5) is 0 Å². The molecular weight excluding hydrogens is 266 g/mol. The number of nitrogens with zero attached hydrogens (tertiary/aromatic N) is 1. The van der Waals surface area contributed by atoms with Gasteiger partial charge in [0.05, 0.1) is 19.3 Å². The SMILES string of the molecule is CCOC(=O)CN(Cc1ccccc1)C1CCCCC1O. The maximum atomic E-state index is 11.8. The van der Waals surface area contributed by atoms with Crippen LogP contribution in [0.5, 0.6) is 0 Å². The van der Waals surface area contributed by atoms with Crippen molar-refractivity contribution in [2.75, 3.05) is 13.2 Å². The predicted octanol–water partition coefficient (Wildman–Crippen LogP) is 2.36. The molecule has 1 aliphatic carbocycles. The van der Waals surface area contributed by atoms with E-state index in [1.165, 1.54) is 0 Å². The molecule has 4 nitrogen and oxygen atoms in total. The van der Waals surface area contributed by atoms with Gasteiger partial charge in [0, 0.05) is 12.6 Å². The van der Waals surface area contributed by atoms with E-state index in [1.807, 2.05) is 37.3 Å². The number of benzene rings is 1. The Kier molecular flexibility index (Phi) is 6.21. The summed E-state index contributed by atoms with van der Waals surface area (Å²) in [6.45, 7) is 3.12. The Morgan fingerprint density at radius 2 is 2.00 bits per heavy atom. The molecule has 4 heteroatoms. The molecule has 1 aliphatic rings. The fourth-order valence-corrected chi connectivity index (χ4v) is 3.00. The van der Waals surface area contributed by atoms with Gasteiger partial charge in [-0.2, -0.15) is 0 Å². The topological polar surface area (TPSA) is 49.8 Å². The van der Waals surface area contributed by atoms with E-state index in [2.05, 4.69) is 4.90 Å². The molecule has 0 spiro atoms. The molecule has 2 rings (SSSR count). The second kappa shape index (κ2) is 8.15. The van der Waals surface area contributed by atoms with Crippen LogP contribution in [-0.4, -0.2) is 41.3 Å². The third kappa shape index (κ3) is 4.83. The Morgan fingerprint density at radius 3 is 2.67 bits per heavy atom. The summed E-state index contributed by atoms with van der Waals surface area (Å²) in [4.78, 5) is 13.9. The molecule has 1 fully saturated rings. The van der Waals surface area contributed by atoms with Gasteiger partial charge in [-0.05, 0) is 25.3 Å². The van der Waals surface area contributed by atoms with Crippen LogP contribution < -0.4 is 0 Å². The standard InChI is InChI=1S/C17H25NO3/c1-2-21-17(20)13-18(12-14-8-4-3-5-9-14)15-10-6-7-11-16(15)19/h3-5,8-9,15-16,19H,2,6-7,10-13H2,1H3. The van der Waals surface area contributed by atoms with Crippen LogP contribution in [-0.2, 0) is 16.1 Å². The van der Waals surface area contributed by atoms with E-state index in [1.54, 1.807) is 0 Å². The fourth-order valence-electron chi connectivity index (χ4n) is 3.00. The molecule has 0 aromatic heterocycles. The highest BCUT2D eigenvalue weighted by molar-refractivity contribution is 5.71. The van der Waals surface area contributed by atoms with E-state index >= 15 is 0 Å². The maximum absolute atomic E-state index is 11.8. The van der Waals surface area contributed by atoms with Crippen LogP contribution in [0.3, 0.4) is 0 Å². The fraction of sp³-hybridized carbons (Fsp3) is 0.588. The van der Waals surface area contributed by atoms with Crippen molar-refractivity contribution in [3.8, 4) is 0 Å². The van der Waals surface area contributed by atoms with Gasteiger partial charge in [0.25, 0.3) is 0 Å². The molecule has 0 aliphatic heterocycles. The van der Waals surface area contributed by atoms with Crippen molar-refractivity contribution < 1.29 is 14.6 Å². The van der Waals surface area contributed by atoms with Gasteiger partial charge in [-0.1, -0.05) is 43.2 Å². The minimum atomic E-state index is -0.350. The summed E-state index contributed by atoms with van der Waals surface area (Å²) in [5.74, 6) is -0.216. The Morgan fingerprint density at radius 1 is 1.29 bits per heavy atom. The Labute approximate surface area is 126 Å². The molecule has 2 atom stereocenters. The Hall–Kier alpha value is -1.39. The number of hydrogen-bond acceptors (Lipinski definition) is 4. The number of ether oxygens (including phenoxy) is 1. The van der Waals surface area contributed by atoms with Crippen LogP contribution in [0.1, 0.15) is 38.2 Å². The van der Waals surface area contributed by atoms with Gasteiger partial charge in [0.1, 0.15) is 0 Å². The number of rotatable bonds is 6. The van der Waals surface area contributed by atoms with Crippen molar-refractivity contribution in [3.05, 3.63) is 35.9 Å². The summed E-state index contributed by atoms with van der Waals surface area (Å²) in [7, 11) is 0. The van der Waals surface area contributed by atoms with Crippen molar-refractivity contribution in [3.63, 3.8) is 0 Å². The van der Waals surface area contributed by atoms with Crippen molar-refractivity contribution in [1.82, 2.24) is 4.90 Å². The van der Waals surface area contributed by atoms with Crippen LogP contribution in [0.15, 0.2) is 30.3 Å². The first kappa shape index (κ1) is 16.0. The second-order valence-corrected chi connectivity index (χ2v) is 5.61. The number of carbonyl (C=O) groups is 1. The maximum Gasteiger partial charge on any atom is 0.320 e. The first-order chi connectivity index (χ1) is 10.2. The van der Waals surface area contributed by atoms with Crippen LogP contribution in [0, 0.1) is 0 Å². The quantitative estimate of drug-likeness (QED) is 0.817. The van der Waals surface area contributed by atoms with Crippen LogP contribution >= 0.6 is 0 Å². The lowest BCUT2D eigenvalue weighted by Gasteiger charge is -2.37. The summed E-state index contributed by atoms with van der Waals surface area (Å²) in [6, 6.07) is 10.1. The molecule has 2 unspecified atom stereocenters. The van der Waals surface area contributed by atoms with E-state index in [0.29, 0.717) is 13.2 Å². The van der Waals surface area contributed by atoms with Gasteiger partial charge in [-0.15, -0.1) is 0 Å².